The van der Waals surface area contributed by atoms with Crippen LogP contribution in [0, 0.1) is 5.82 Å². The highest BCUT2D eigenvalue weighted by atomic mass is 19.1. The van der Waals surface area contributed by atoms with E-state index in [0.717, 1.165) is 10.8 Å². The molecule has 0 saturated carbocycles. The molecule has 0 aliphatic carbocycles. The van der Waals surface area contributed by atoms with Crippen LogP contribution in [0.3, 0.4) is 0 Å². The fourth-order valence-electron chi connectivity index (χ4n) is 2.27. The monoisotopic (exact) mass is 246 g/mol. The quantitative estimate of drug-likeness (QED) is 0.754. The van der Waals surface area contributed by atoms with E-state index in [-0.39, 0.29) is 5.82 Å². The fourth-order valence-corrected chi connectivity index (χ4v) is 2.27. The van der Waals surface area contributed by atoms with E-state index in [1.165, 1.54) is 13.0 Å². The second-order valence-electron chi connectivity index (χ2n) is 4.75. The summed E-state index contributed by atoms with van der Waals surface area (Å²) in [6, 6.07) is 10.6. The number of esters is 1. The summed E-state index contributed by atoms with van der Waals surface area (Å²) in [6.45, 7) is 4.71. The standard InChI is InChI=1S/C15H15FO2/c1-10(17)18-15(2,3)14-12-7-5-4-6-11(12)8-9-13(14)16/h4-9H,1-3H3. The number of benzene rings is 2. The molecule has 94 valence electrons. The molecule has 2 aromatic rings. The van der Waals surface area contributed by atoms with Gasteiger partial charge >= 0.3 is 5.97 Å². The first-order chi connectivity index (χ1) is 8.42. The third-order valence-electron chi connectivity index (χ3n) is 2.88. The predicted octanol–water partition coefficient (Wildman–Crippen LogP) is 3.78. The summed E-state index contributed by atoms with van der Waals surface area (Å²) in [6.07, 6.45) is 0. The van der Waals surface area contributed by atoms with E-state index in [9.17, 15) is 9.18 Å². The van der Waals surface area contributed by atoms with Gasteiger partial charge in [-0.1, -0.05) is 30.3 Å². The summed E-state index contributed by atoms with van der Waals surface area (Å²) in [7, 11) is 0. The van der Waals surface area contributed by atoms with Gasteiger partial charge in [0.15, 0.2) is 0 Å². The minimum Gasteiger partial charge on any atom is -0.455 e. The largest absolute Gasteiger partial charge is 0.455 e. The number of carbonyl (C=O) groups is 1. The van der Waals surface area contributed by atoms with E-state index in [1.807, 2.05) is 24.3 Å². The molecule has 0 fully saturated rings. The highest BCUT2D eigenvalue weighted by molar-refractivity contribution is 5.87. The van der Waals surface area contributed by atoms with Crippen molar-refractivity contribution in [3.8, 4) is 0 Å². The zero-order valence-electron chi connectivity index (χ0n) is 10.7. The van der Waals surface area contributed by atoms with Gasteiger partial charge in [-0.05, 0) is 30.7 Å². The second kappa shape index (κ2) is 4.41. The average Bonchev–Trinajstić information content (AvgIpc) is 2.26. The summed E-state index contributed by atoms with van der Waals surface area (Å²) in [4.78, 5) is 11.1. The van der Waals surface area contributed by atoms with Crippen LogP contribution < -0.4 is 0 Å². The van der Waals surface area contributed by atoms with E-state index >= 15 is 0 Å². The van der Waals surface area contributed by atoms with Crippen LogP contribution >= 0.6 is 0 Å². The molecule has 0 aliphatic heterocycles. The van der Waals surface area contributed by atoms with Crippen LogP contribution in [0.4, 0.5) is 4.39 Å². The van der Waals surface area contributed by atoms with Crippen molar-refractivity contribution in [2.24, 2.45) is 0 Å². The second-order valence-corrected chi connectivity index (χ2v) is 4.75. The fraction of sp³-hybridized carbons (Fsp3) is 0.267. The molecule has 0 saturated heterocycles. The highest BCUT2D eigenvalue weighted by Gasteiger charge is 2.29. The maximum Gasteiger partial charge on any atom is 0.303 e. The first-order valence-corrected chi connectivity index (χ1v) is 5.79. The Bertz CT molecular complexity index is 602. The van der Waals surface area contributed by atoms with Crippen molar-refractivity contribution in [3.63, 3.8) is 0 Å². The lowest BCUT2D eigenvalue weighted by Crippen LogP contribution is -2.26. The van der Waals surface area contributed by atoms with E-state index in [4.69, 9.17) is 4.74 Å². The van der Waals surface area contributed by atoms with Crippen molar-refractivity contribution < 1.29 is 13.9 Å². The van der Waals surface area contributed by atoms with E-state index in [1.54, 1.807) is 19.9 Å². The molecule has 0 N–H and O–H groups in total. The maximum atomic E-state index is 14.1. The lowest BCUT2D eigenvalue weighted by atomic mass is 9.91. The zero-order chi connectivity index (χ0) is 13.3. The van der Waals surface area contributed by atoms with Crippen molar-refractivity contribution in [3.05, 3.63) is 47.8 Å². The van der Waals surface area contributed by atoms with Crippen molar-refractivity contribution in [2.45, 2.75) is 26.4 Å². The van der Waals surface area contributed by atoms with Gasteiger partial charge < -0.3 is 4.74 Å². The van der Waals surface area contributed by atoms with Crippen LogP contribution in [0.25, 0.3) is 10.8 Å². The number of carbonyl (C=O) groups excluding carboxylic acids is 1. The molecule has 2 aromatic carbocycles. The van der Waals surface area contributed by atoms with Gasteiger partial charge in [0.05, 0.1) is 0 Å². The first kappa shape index (κ1) is 12.6. The van der Waals surface area contributed by atoms with Crippen molar-refractivity contribution in [1.29, 1.82) is 0 Å². The normalized spacial score (nSPS) is 11.6. The van der Waals surface area contributed by atoms with Crippen molar-refractivity contribution in [1.82, 2.24) is 0 Å². The van der Waals surface area contributed by atoms with Gasteiger partial charge in [-0.2, -0.15) is 0 Å². The Morgan fingerprint density at radius 1 is 1.17 bits per heavy atom. The number of hydrogen-bond donors (Lipinski definition) is 0. The van der Waals surface area contributed by atoms with Gasteiger partial charge in [-0.25, -0.2) is 4.39 Å². The van der Waals surface area contributed by atoms with Crippen LogP contribution in [0.5, 0.6) is 0 Å². The molecule has 0 amide bonds. The van der Waals surface area contributed by atoms with Gasteiger partial charge in [0, 0.05) is 12.5 Å². The van der Waals surface area contributed by atoms with E-state index in [2.05, 4.69) is 0 Å². The SMILES string of the molecule is CC(=O)OC(C)(C)c1c(F)ccc2ccccc12. The molecule has 0 heterocycles. The molecule has 0 bridgehead atoms. The molecule has 0 aliphatic rings. The van der Waals surface area contributed by atoms with Gasteiger partial charge in [0.25, 0.3) is 0 Å². The molecule has 0 aromatic heterocycles. The van der Waals surface area contributed by atoms with Crippen molar-refractivity contribution in [2.75, 3.05) is 0 Å². The summed E-state index contributed by atoms with van der Waals surface area (Å²) in [5.74, 6) is -0.785. The maximum absolute atomic E-state index is 14.1. The number of fused-ring (bicyclic) bond motifs is 1. The van der Waals surface area contributed by atoms with E-state index < -0.39 is 11.6 Å². The van der Waals surface area contributed by atoms with Gasteiger partial charge in [-0.15, -0.1) is 0 Å². The Morgan fingerprint density at radius 3 is 2.50 bits per heavy atom. The number of ether oxygens (including phenoxy) is 1. The van der Waals surface area contributed by atoms with Gasteiger partial charge in [-0.3, -0.25) is 4.79 Å². The first-order valence-electron chi connectivity index (χ1n) is 5.79. The number of rotatable bonds is 2. The smallest absolute Gasteiger partial charge is 0.303 e. The minimum atomic E-state index is -0.989. The Balaban J connectivity index is 2.69. The summed E-state index contributed by atoms with van der Waals surface area (Å²) in [5, 5.41) is 1.69. The molecule has 18 heavy (non-hydrogen) atoms. The third kappa shape index (κ3) is 2.21. The lowest BCUT2D eigenvalue weighted by molar-refractivity contribution is -0.154. The highest BCUT2D eigenvalue weighted by Crippen LogP contribution is 2.33. The number of halogens is 1. The van der Waals surface area contributed by atoms with Crippen molar-refractivity contribution >= 4 is 16.7 Å². The van der Waals surface area contributed by atoms with Crippen LogP contribution in [0.15, 0.2) is 36.4 Å². The Morgan fingerprint density at radius 2 is 1.83 bits per heavy atom. The van der Waals surface area contributed by atoms with Crippen LogP contribution in [0.1, 0.15) is 26.3 Å². The molecule has 0 unspecified atom stereocenters. The molecule has 3 heteroatoms. The summed E-state index contributed by atoms with van der Waals surface area (Å²) >= 11 is 0. The Hall–Kier alpha value is -1.90. The molecule has 0 atom stereocenters. The Labute approximate surface area is 105 Å². The Kier molecular flexibility index (Phi) is 3.07. The summed E-state index contributed by atoms with van der Waals surface area (Å²) < 4.78 is 19.3. The third-order valence-corrected chi connectivity index (χ3v) is 2.88. The molecule has 0 radical (unpaired) electrons. The molecule has 2 rings (SSSR count). The summed E-state index contributed by atoms with van der Waals surface area (Å²) in [5.41, 5.74) is -0.577. The topological polar surface area (TPSA) is 26.3 Å². The average molecular weight is 246 g/mol. The van der Waals surface area contributed by atoms with Gasteiger partial charge in [0.2, 0.25) is 0 Å². The molecule has 0 spiro atoms. The van der Waals surface area contributed by atoms with Crippen LogP contribution in [-0.4, -0.2) is 5.97 Å². The van der Waals surface area contributed by atoms with Gasteiger partial charge in [0.1, 0.15) is 11.4 Å². The van der Waals surface area contributed by atoms with Crippen LogP contribution in [0.2, 0.25) is 0 Å². The molecular weight excluding hydrogens is 231 g/mol. The number of hydrogen-bond acceptors (Lipinski definition) is 2. The minimum absolute atomic E-state index is 0.361. The molecular formula is C15H15FO2. The van der Waals surface area contributed by atoms with E-state index in [0.29, 0.717) is 5.56 Å². The molecule has 2 nitrogen and oxygen atoms in total. The zero-order valence-corrected chi connectivity index (χ0v) is 10.7. The van der Waals surface area contributed by atoms with Crippen LogP contribution in [-0.2, 0) is 15.1 Å². The lowest BCUT2D eigenvalue weighted by Gasteiger charge is -2.26. The predicted molar refractivity (Wildman–Crippen MR) is 68.7 cm³/mol.